The predicted octanol–water partition coefficient (Wildman–Crippen LogP) is 3.14. The maximum atomic E-state index is 12.7. The van der Waals surface area contributed by atoms with Gasteiger partial charge >= 0.3 is 5.97 Å². The molecule has 0 heterocycles. The highest BCUT2D eigenvalue weighted by molar-refractivity contribution is 8.00. The third-order valence-electron chi connectivity index (χ3n) is 4.24. The van der Waals surface area contributed by atoms with Gasteiger partial charge in [0, 0.05) is 30.3 Å². The number of hydrogen-bond acceptors (Lipinski definition) is 6. The van der Waals surface area contributed by atoms with Crippen molar-refractivity contribution in [2.24, 2.45) is 0 Å². The van der Waals surface area contributed by atoms with Gasteiger partial charge in [-0.3, -0.25) is 9.59 Å². The Hall–Kier alpha value is -2.84. The summed E-state index contributed by atoms with van der Waals surface area (Å²) in [4.78, 5) is 39.5. The van der Waals surface area contributed by atoms with Gasteiger partial charge in [0.15, 0.2) is 6.61 Å². The zero-order valence-corrected chi connectivity index (χ0v) is 18.8. The van der Waals surface area contributed by atoms with Crippen molar-refractivity contribution in [1.82, 2.24) is 5.32 Å². The van der Waals surface area contributed by atoms with E-state index in [9.17, 15) is 14.4 Å². The smallest absolute Gasteiger partial charge is 0.339 e. The highest BCUT2D eigenvalue weighted by atomic mass is 32.2. The zero-order chi connectivity index (χ0) is 22.6. The molecule has 2 rings (SSSR count). The number of carbonyl (C=O) groups is 3. The summed E-state index contributed by atoms with van der Waals surface area (Å²) in [5.41, 5.74) is 1.06. The molecule has 0 aliphatic heterocycles. The van der Waals surface area contributed by atoms with Crippen LogP contribution in [0.1, 0.15) is 24.2 Å². The molecule has 0 bridgehead atoms. The fourth-order valence-electron chi connectivity index (χ4n) is 2.84. The number of hydrogen-bond donors (Lipinski definition) is 1. The number of nitrogens with one attached hydrogen (secondary N) is 1. The molecule has 2 aromatic rings. The number of thioether (sulfide) groups is 1. The molecule has 31 heavy (non-hydrogen) atoms. The summed E-state index contributed by atoms with van der Waals surface area (Å²) in [6, 6.07) is 16.0. The maximum Gasteiger partial charge on any atom is 0.339 e. The Labute approximate surface area is 187 Å². The molecule has 0 radical (unpaired) electrons. The van der Waals surface area contributed by atoms with Crippen LogP contribution in [-0.2, 0) is 19.1 Å². The number of para-hydroxylation sites is 1. The van der Waals surface area contributed by atoms with Gasteiger partial charge in [-0.05, 0) is 38.1 Å². The second-order valence-corrected chi connectivity index (χ2v) is 7.91. The summed E-state index contributed by atoms with van der Waals surface area (Å²) >= 11 is 1.23. The van der Waals surface area contributed by atoms with Crippen LogP contribution in [0.5, 0.6) is 0 Å². The van der Waals surface area contributed by atoms with E-state index in [1.165, 1.54) is 11.8 Å². The molecule has 0 aliphatic rings. The van der Waals surface area contributed by atoms with E-state index in [1.807, 2.05) is 44.2 Å². The van der Waals surface area contributed by atoms with Crippen molar-refractivity contribution in [2.45, 2.75) is 24.8 Å². The average molecular weight is 445 g/mol. The quantitative estimate of drug-likeness (QED) is 0.326. The van der Waals surface area contributed by atoms with E-state index in [4.69, 9.17) is 9.47 Å². The Kier molecular flexibility index (Phi) is 10.1. The topological polar surface area (TPSA) is 84.9 Å². The summed E-state index contributed by atoms with van der Waals surface area (Å²) < 4.78 is 10.2. The number of nitrogens with zero attached hydrogens (tertiary/aromatic N) is 1. The molecule has 8 heteroatoms. The van der Waals surface area contributed by atoms with Gasteiger partial charge in [0.05, 0.1) is 17.9 Å². The summed E-state index contributed by atoms with van der Waals surface area (Å²) in [5, 5.41) is 2.73. The molecule has 0 unspecified atom stereocenters. The molecule has 0 fully saturated rings. The number of amides is 2. The molecule has 0 aliphatic carbocycles. The van der Waals surface area contributed by atoms with Crippen LogP contribution in [0, 0.1) is 0 Å². The third kappa shape index (κ3) is 7.73. The van der Waals surface area contributed by atoms with E-state index >= 15 is 0 Å². The predicted molar refractivity (Wildman–Crippen MR) is 121 cm³/mol. The molecule has 1 N–H and O–H groups in total. The van der Waals surface area contributed by atoms with Crippen molar-refractivity contribution in [3.63, 3.8) is 0 Å². The summed E-state index contributed by atoms with van der Waals surface area (Å²) in [6.07, 6.45) is 0. The number of carbonyl (C=O) groups excluding carboxylic acids is 3. The Balaban J connectivity index is 1.97. The Morgan fingerprint density at radius 2 is 1.71 bits per heavy atom. The van der Waals surface area contributed by atoms with Gasteiger partial charge in [0.2, 0.25) is 5.91 Å². The van der Waals surface area contributed by atoms with E-state index in [0.29, 0.717) is 23.6 Å². The number of esters is 1. The van der Waals surface area contributed by atoms with Gasteiger partial charge in [0.1, 0.15) is 0 Å². The van der Waals surface area contributed by atoms with Gasteiger partial charge in [-0.2, -0.15) is 0 Å². The van der Waals surface area contributed by atoms with Crippen molar-refractivity contribution >= 4 is 35.2 Å². The molecular weight excluding hydrogens is 416 g/mol. The Morgan fingerprint density at radius 3 is 2.39 bits per heavy atom. The molecule has 7 nitrogen and oxygen atoms in total. The van der Waals surface area contributed by atoms with Crippen molar-refractivity contribution < 1.29 is 23.9 Å². The van der Waals surface area contributed by atoms with Gasteiger partial charge in [-0.15, -0.1) is 11.8 Å². The second kappa shape index (κ2) is 12.8. The van der Waals surface area contributed by atoms with Crippen molar-refractivity contribution in [2.75, 3.05) is 37.5 Å². The molecular formula is C23H28N2O5S. The fourth-order valence-corrected chi connectivity index (χ4v) is 3.71. The molecule has 2 amide bonds. The first kappa shape index (κ1) is 24.4. The van der Waals surface area contributed by atoms with Crippen LogP contribution in [0.4, 0.5) is 5.69 Å². The van der Waals surface area contributed by atoms with Crippen LogP contribution in [0.15, 0.2) is 59.5 Å². The Bertz CT molecular complexity index is 873. The minimum Gasteiger partial charge on any atom is -0.452 e. The highest BCUT2D eigenvalue weighted by Gasteiger charge is 2.21. The van der Waals surface area contributed by atoms with Gasteiger partial charge in [0.25, 0.3) is 5.91 Å². The average Bonchev–Trinajstić information content (AvgIpc) is 2.77. The number of anilines is 1. The minimum atomic E-state index is -0.604. The molecule has 0 aromatic heterocycles. The van der Waals surface area contributed by atoms with Crippen LogP contribution in [0.3, 0.4) is 0 Å². The monoisotopic (exact) mass is 444 g/mol. The lowest BCUT2D eigenvalue weighted by Crippen LogP contribution is -2.39. The number of rotatable bonds is 11. The van der Waals surface area contributed by atoms with Gasteiger partial charge in [-0.1, -0.05) is 30.3 Å². The minimum absolute atomic E-state index is 0.0898. The molecule has 0 spiro atoms. The third-order valence-corrected chi connectivity index (χ3v) is 5.31. The zero-order valence-electron chi connectivity index (χ0n) is 18.0. The van der Waals surface area contributed by atoms with Crippen LogP contribution >= 0.6 is 11.8 Å². The summed E-state index contributed by atoms with van der Waals surface area (Å²) in [5.74, 6) is -0.914. The van der Waals surface area contributed by atoms with Gasteiger partial charge < -0.3 is 19.7 Å². The van der Waals surface area contributed by atoms with E-state index in [1.54, 1.807) is 36.3 Å². The normalized spacial score (nSPS) is 10.6. The van der Waals surface area contributed by atoms with Gasteiger partial charge in [-0.25, -0.2) is 4.79 Å². The fraction of sp³-hybridized carbons (Fsp3) is 0.348. The number of methoxy groups -OCH3 is 1. The van der Waals surface area contributed by atoms with Crippen molar-refractivity contribution in [3.8, 4) is 0 Å². The molecule has 0 saturated carbocycles. The van der Waals surface area contributed by atoms with Crippen LogP contribution in [-0.4, -0.2) is 56.4 Å². The van der Waals surface area contributed by atoms with Crippen LogP contribution in [0.2, 0.25) is 0 Å². The first-order valence-corrected chi connectivity index (χ1v) is 10.9. The second-order valence-electron chi connectivity index (χ2n) is 6.90. The van der Waals surface area contributed by atoms with Crippen LogP contribution < -0.4 is 10.2 Å². The largest absolute Gasteiger partial charge is 0.452 e. The molecule has 2 aromatic carbocycles. The van der Waals surface area contributed by atoms with Crippen LogP contribution in [0.25, 0.3) is 0 Å². The SMILES string of the molecule is COCCNC(=O)CSc1ccccc1C(=O)OCC(=O)N(c1ccccc1)C(C)C. The van der Waals surface area contributed by atoms with Crippen molar-refractivity contribution in [3.05, 3.63) is 60.2 Å². The van der Waals surface area contributed by atoms with E-state index in [0.717, 1.165) is 5.69 Å². The van der Waals surface area contributed by atoms with E-state index < -0.39 is 5.97 Å². The van der Waals surface area contributed by atoms with E-state index in [-0.39, 0.29) is 30.2 Å². The molecule has 166 valence electrons. The Morgan fingerprint density at radius 1 is 1.03 bits per heavy atom. The lowest BCUT2D eigenvalue weighted by atomic mass is 10.2. The lowest BCUT2D eigenvalue weighted by molar-refractivity contribution is -0.122. The van der Waals surface area contributed by atoms with Crippen molar-refractivity contribution in [1.29, 1.82) is 0 Å². The highest BCUT2D eigenvalue weighted by Crippen LogP contribution is 2.23. The number of ether oxygens (including phenoxy) is 2. The summed E-state index contributed by atoms with van der Waals surface area (Å²) in [6.45, 7) is 4.29. The first-order chi connectivity index (χ1) is 14.9. The standard InChI is InChI=1S/C23H28N2O5S/c1-17(2)25(18-9-5-4-6-10-18)22(27)15-30-23(28)19-11-7-8-12-20(19)31-16-21(26)24-13-14-29-3/h4-12,17H,13-16H2,1-3H3,(H,24,26). The maximum absolute atomic E-state index is 12.7. The number of benzene rings is 2. The first-order valence-electron chi connectivity index (χ1n) is 9.95. The summed E-state index contributed by atoms with van der Waals surface area (Å²) in [7, 11) is 1.56. The lowest BCUT2D eigenvalue weighted by Gasteiger charge is -2.26. The molecule has 0 atom stereocenters. The van der Waals surface area contributed by atoms with E-state index in [2.05, 4.69) is 5.32 Å². The molecule has 0 saturated heterocycles.